The topological polar surface area (TPSA) is 96.9 Å². The lowest BCUT2D eigenvalue weighted by atomic mass is 10.2. The number of rotatable bonds is 3. The molecule has 0 atom stereocenters. The molecule has 1 aliphatic rings. The van der Waals surface area contributed by atoms with Crippen LogP contribution in [0.4, 0.5) is 20.7 Å². The molecule has 0 fully saturated rings. The number of ether oxygens (including phenoxy) is 1. The number of carbonyl (C=O) groups excluding carboxylic acids is 2. The van der Waals surface area contributed by atoms with Crippen LogP contribution in [-0.2, 0) is 19.6 Å². The first-order valence-corrected chi connectivity index (χ1v) is 9.74. The Labute approximate surface area is 161 Å². The summed E-state index contributed by atoms with van der Waals surface area (Å²) in [6.07, 6.45) is 1.34. The van der Waals surface area contributed by atoms with Gasteiger partial charge in [0.15, 0.2) is 5.82 Å². The van der Waals surface area contributed by atoms with E-state index >= 15 is 0 Å². The van der Waals surface area contributed by atoms with Crippen molar-refractivity contribution in [2.24, 2.45) is 0 Å². The maximum atomic E-state index is 13.3. The number of sulfonamides is 1. The molecule has 10 heteroatoms. The van der Waals surface area contributed by atoms with Crippen molar-refractivity contribution in [2.45, 2.75) is 31.3 Å². The van der Waals surface area contributed by atoms with Gasteiger partial charge in [0.1, 0.15) is 22.9 Å². The van der Waals surface area contributed by atoms with E-state index in [0.29, 0.717) is 4.31 Å². The Morgan fingerprint density at radius 3 is 2.43 bits per heavy atom. The highest BCUT2D eigenvalue weighted by Gasteiger charge is 2.44. The lowest BCUT2D eigenvalue weighted by Crippen LogP contribution is -2.51. The zero-order valence-electron chi connectivity index (χ0n) is 15.4. The molecule has 0 saturated heterocycles. The average Bonchev–Trinajstić information content (AvgIpc) is 2.59. The van der Waals surface area contributed by atoms with Crippen LogP contribution in [-0.4, -0.2) is 41.9 Å². The summed E-state index contributed by atoms with van der Waals surface area (Å²) in [6.45, 7) is 4.08. The number of benzene rings is 1. The standard InChI is InChI=1S/C18H18FN3O5S/c1-18(2,3)27-15(23)11-21-17(24)22(13-8-6-12(19)7-9-13)16-14(28(21,25)26)5-4-10-20-16/h4-10H,11H2,1-3H3. The van der Waals surface area contributed by atoms with Crippen molar-refractivity contribution in [1.29, 1.82) is 0 Å². The predicted molar refractivity (Wildman–Crippen MR) is 97.9 cm³/mol. The van der Waals surface area contributed by atoms with Gasteiger partial charge in [0, 0.05) is 6.20 Å². The Morgan fingerprint density at radius 1 is 1.18 bits per heavy atom. The fourth-order valence-corrected chi connectivity index (χ4v) is 4.07. The molecule has 0 bridgehead atoms. The Bertz CT molecular complexity index is 1030. The van der Waals surface area contributed by atoms with Crippen molar-refractivity contribution >= 4 is 33.5 Å². The van der Waals surface area contributed by atoms with Gasteiger partial charge < -0.3 is 4.74 Å². The van der Waals surface area contributed by atoms with Crippen LogP contribution < -0.4 is 4.90 Å². The zero-order chi connectivity index (χ0) is 20.7. The van der Waals surface area contributed by atoms with E-state index in [-0.39, 0.29) is 16.4 Å². The number of esters is 1. The van der Waals surface area contributed by atoms with Gasteiger partial charge in [0.2, 0.25) is 0 Å². The van der Waals surface area contributed by atoms with Crippen LogP contribution in [0.15, 0.2) is 47.5 Å². The molecule has 0 unspecified atom stereocenters. The molecule has 2 heterocycles. The highest BCUT2D eigenvalue weighted by atomic mass is 32.2. The second-order valence-corrected chi connectivity index (χ2v) is 8.85. The summed E-state index contributed by atoms with van der Waals surface area (Å²) in [5, 5.41) is 0. The normalized spacial score (nSPS) is 15.9. The lowest BCUT2D eigenvalue weighted by Gasteiger charge is -2.35. The molecule has 8 nitrogen and oxygen atoms in total. The van der Waals surface area contributed by atoms with Gasteiger partial charge in [-0.05, 0) is 57.2 Å². The fraction of sp³-hybridized carbons (Fsp3) is 0.278. The highest BCUT2D eigenvalue weighted by molar-refractivity contribution is 7.90. The van der Waals surface area contributed by atoms with Crippen molar-refractivity contribution in [1.82, 2.24) is 9.29 Å². The predicted octanol–water partition coefficient (Wildman–Crippen LogP) is 2.82. The summed E-state index contributed by atoms with van der Waals surface area (Å²) in [6, 6.07) is 6.57. The second-order valence-electron chi connectivity index (χ2n) is 7.02. The third-order valence-electron chi connectivity index (χ3n) is 3.71. The summed E-state index contributed by atoms with van der Waals surface area (Å²) in [4.78, 5) is 30.0. The number of urea groups is 1. The summed E-state index contributed by atoms with van der Waals surface area (Å²) in [5.74, 6) is -1.52. The number of amides is 2. The van der Waals surface area contributed by atoms with E-state index in [1.54, 1.807) is 20.8 Å². The molecule has 0 saturated carbocycles. The van der Waals surface area contributed by atoms with Crippen molar-refractivity contribution in [3.8, 4) is 0 Å². The molecule has 148 valence electrons. The Morgan fingerprint density at radius 2 is 1.82 bits per heavy atom. The van der Waals surface area contributed by atoms with Gasteiger partial charge in [-0.25, -0.2) is 31.8 Å². The van der Waals surface area contributed by atoms with Crippen molar-refractivity contribution in [3.05, 3.63) is 48.4 Å². The zero-order valence-corrected chi connectivity index (χ0v) is 16.2. The number of pyridine rings is 1. The van der Waals surface area contributed by atoms with E-state index < -0.39 is 40.0 Å². The number of fused-ring (bicyclic) bond motifs is 1. The maximum Gasteiger partial charge on any atom is 0.344 e. The molecule has 1 aliphatic heterocycles. The quantitative estimate of drug-likeness (QED) is 0.726. The second kappa shape index (κ2) is 6.86. The molecule has 2 amide bonds. The monoisotopic (exact) mass is 407 g/mol. The first-order chi connectivity index (χ1) is 13.0. The van der Waals surface area contributed by atoms with Crippen LogP contribution in [0.1, 0.15) is 20.8 Å². The van der Waals surface area contributed by atoms with Gasteiger partial charge in [0.25, 0.3) is 10.0 Å². The van der Waals surface area contributed by atoms with E-state index in [2.05, 4.69) is 4.98 Å². The van der Waals surface area contributed by atoms with Crippen LogP contribution in [0.2, 0.25) is 0 Å². The molecule has 1 aromatic heterocycles. The lowest BCUT2D eigenvalue weighted by molar-refractivity contribution is -0.154. The number of anilines is 2. The third kappa shape index (κ3) is 3.68. The molecule has 0 radical (unpaired) electrons. The van der Waals surface area contributed by atoms with E-state index in [9.17, 15) is 22.4 Å². The number of aromatic nitrogens is 1. The van der Waals surface area contributed by atoms with Gasteiger partial charge in [-0.2, -0.15) is 0 Å². The first-order valence-electron chi connectivity index (χ1n) is 8.30. The number of hydrogen-bond donors (Lipinski definition) is 0. The van der Waals surface area contributed by atoms with Gasteiger partial charge in [-0.15, -0.1) is 0 Å². The van der Waals surface area contributed by atoms with Crippen LogP contribution >= 0.6 is 0 Å². The Kier molecular flexibility index (Phi) is 4.84. The number of nitrogens with zero attached hydrogens (tertiary/aromatic N) is 3. The van der Waals surface area contributed by atoms with Gasteiger partial charge in [-0.1, -0.05) is 0 Å². The molecule has 0 spiro atoms. The Hall–Kier alpha value is -3.01. The van der Waals surface area contributed by atoms with E-state index in [1.165, 1.54) is 30.5 Å². The van der Waals surface area contributed by atoms with Gasteiger partial charge >= 0.3 is 12.0 Å². The van der Waals surface area contributed by atoms with Gasteiger partial charge in [0.05, 0.1) is 5.69 Å². The fourth-order valence-electron chi connectivity index (χ4n) is 2.64. The van der Waals surface area contributed by atoms with Crippen molar-refractivity contribution < 1.29 is 27.1 Å². The smallest absolute Gasteiger partial charge is 0.344 e. The molecule has 2 aromatic rings. The molecule has 28 heavy (non-hydrogen) atoms. The minimum atomic E-state index is -4.33. The van der Waals surface area contributed by atoms with Crippen molar-refractivity contribution in [3.63, 3.8) is 0 Å². The highest BCUT2D eigenvalue weighted by Crippen LogP contribution is 2.37. The largest absolute Gasteiger partial charge is 0.459 e. The molecule has 0 aliphatic carbocycles. The van der Waals surface area contributed by atoms with Crippen LogP contribution in [0.25, 0.3) is 0 Å². The molecular weight excluding hydrogens is 389 g/mol. The van der Waals surface area contributed by atoms with Crippen LogP contribution in [0, 0.1) is 5.82 Å². The van der Waals surface area contributed by atoms with Crippen molar-refractivity contribution in [2.75, 3.05) is 11.4 Å². The number of hydrogen-bond acceptors (Lipinski definition) is 6. The van der Waals surface area contributed by atoms with E-state index in [1.807, 2.05) is 0 Å². The third-order valence-corrected chi connectivity index (χ3v) is 5.45. The summed E-state index contributed by atoms with van der Waals surface area (Å²) in [5.41, 5.74) is -0.647. The minimum absolute atomic E-state index is 0.125. The van der Waals surface area contributed by atoms with Gasteiger partial charge in [-0.3, -0.25) is 4.79 Å². The first kappa shape index (κ1) is 19.7. The molecular formula is C18H18FN3O5S. The number of halogens is 1. The van der Waals surface area contributed by atoms with E-state index in [4.69, 9.17) is 4.74 Å². The molecule has 3 rings (SSSR count). The van der Waals surface area contributed by atoms with Crippen LogP contribution in [0.3, 0.4) is 0 Å². The SMILES string of the molecule is CC(C)(C)OC(=O)CN1C(=O)N(c2ccc(F)cc2)c2ncccc2S1(=O)=O. The van der Waals surface area contributed by atoms with Crippen LogP contribution in [0.5, 0.6) is 0 Å². The number of carbonyl (C=O) groups is 2. The average molecular weight is 407 g/mol. The summed E-state index contributed by atoms with van der Waals surface area (Å²) < 4.78 is 44.7. The maximum absolute atomic E-state index is 13.3. The summed E-state index contributed by atoms with van der Waals surface area (Å²) >= 11 is 0. The van der Waals surface area contributed by atoms with E-state index in [0.717, 1.165) is 17.0 Å². The minimum Gasteiger partial charge on any atom is -0.459 e. The molecule has 1 aromatic carbocycles. The molecule has 0 N–H and O–H groups in total. The Balaban J connectivity index is 2.09. The summed E-state index contributed by atoms with van der Waals surface area (Å²) in [7, 11) is -4.33.